The van der Waals surface area contributed by atoms with Crippen molar-refractivity contribution in [3.05, 3.63) is 124 Å². The highest BCUT2D eigenvalue weighted by Gasteiger charge is 2.21. The molecule has 0 aliphatic carbocycles. The van der Waals surface area contributed by atoms with E-state index in [-0.39, 0.29) is 17.4 Å². The van der Waals surface area contributed by atoms with Gasteiger partial charge in [0.1, 0.15) is 5.82 Å². The minimum atomic E-state index is -0.854. The molecule has 3 aromatic rings. The van der Waals surface area contributed by atoms with Crippen LogP contribution in [-0.2, 0) is 6.42 Å². The van der Waals surface area contributed by atoms with Crippen LogP contribution in [0.15, 0.2) is 91.0 Å². The average Bonchev–Trinajstić information content (AvgIpc) is 2.73. The van der Waals surface area contributed by atoms with Crippen molar-refractivity contribution in [3.63, 3.8) is 0 Å². The van der Waals surface area contributed by atoms with Crippen LogP contribution in [0.1, 0.15) is 28.7 Å². The van der Waals surface area contributed by atoms with Crippen molar-refractivity contribution < 1.29 is 14.4 Å². The van der Waals surface area contributed by atoms with E-state index in [1.165, 1.54) is 24.3 Å². The van der Waals surface area contributed by atoms with Crippen LogP contribution in [0.25, 0.3) is 0 Å². The number of hydrogen-bond donors (Lipinski definition) is 1. The molecule has 5 heteroatoms. The number of nitro groups is 1. The Balaban J connectivity index is 1.83. The standard InChI is InChI=1S/C23H20FNO3/c24-20-13-9-17(10-14-20)5-4-8-22(18-6-2-1-3-7-18)23(26)19-11-15-21(16-12-19)25(27)28/h1-4,6-16,22-23,26H,5H2/b8-4-. The van der Waals surface area contributed by atoms with E-state index in [0.29, 0.717) is 12.0 Å². The molecule has 142 valence electrons. The van der Waals surface area contributed by atoms with E-state index in [9.17, 15) is 19.6 Å². The second-order valence-electron chi connectivity index (χ2n) is 6.49. The van der Waals surface area contributed by atoms with Gasteiger partial charge in [-0.15, -0.1) is 0 Å². The Morgan fingerprint density at radius 1 is 0.929 bits per heavy atom. The molecule has 0 aromatic heterocycles. The fraction of sp³-hybridized carbons (Fsp3) is 0.130. The summed E-state index contributed by atoms with van der Waals surface area (Å²) in [6, 6.07) is 21.8. The van der Waals surface area contributed by atoms with Crippen molar-refractivity contribution in [2.45, 2.75) is 18.4 Å². The van der Waals surface area contributed by atoms with E-state index in [0.717, 1.165) is 11.1 Å². The van der Waals surface area contributed by atoms with Gasteiger partial charge in [-0.25, -0.2) is 4.39 Å². The largest absolute Gasteiger partial charge is 0.387 e. The summed E-state index contributed by atoms with van der Waals surface area (Å²) >= 11 is 0. The van der Waals surface area contributed by atoms with Crippen molar-refractivity contribution in [2.75, 3.05) is 0 Å². The maximum Gasteiger partial charge on any atom is 0.269 e. The molecule has 3 rings (SSSR count). The van der Waals surface area contributed by atoms with Crippen LogP contribution in [0.4, 0.5) is 10.1 Å². The average molecular weight is 377 g/mol. The Labute approximate surface area is 162 Å². The SMILES string of the molecule is O=[N+]([O-])c1ccc(C(O)C(/C=C\Cc2ccc(F)cc2)c2ccccc2)cc1. The normalized spacial score (nSPS) is 13.4. The third-order valence-corrected chi connectivity index (χ3v) is 4.58. The highest BCUT2D eigenvalue weighted by atomic mass is 19.1. The predicted molar refractivity (Wildman–Crippen MR) is 106 cm³/mol. The molecule has 2 unspecified atom stereocenters. The van der Waals surface area contributed by atoms with Crippen LogP contribution < -0.4 is 0 Å². The van der Waals surface area contributed by atoms with E-state index in [1.807, 2.05) is 42.5 Å². The van der Waals surface area contributed by atoms with Gasteiger partial charge in [0.25, 0.3) is 5.69 Å². The van der Waals surface area contributed by atoms with Crippen molar-refractivity contribution >= 4 is 5.69 Å². The Morgan fingerprint density at radius 3 is 2.18 bits per heavy atom. The summed E-state index contributed by atoms with van der Waals surface area (Å²) in [6.45, 7) is 0. The second kappa shape index (κ2) is 9.06. The first-order valence-corrected chi connectivity index (χ1v) is 8.93. The van der Waals surface area contributed by atoms with E-state index < -0.39 is 11.0 Å². The van der Waals surface area contributed by atoms with Gasteiger partial charge in [-0.1, -0.05) is 54.6 Å². The number of nitrogens with zero attached hydrogens (tertiary/aromatic N) is 1. The lowest BCUT2D eigenvalue weighted by Gasteiger charge is -2.21. The van der Waals surface area contributed by atoms with Gasteiger partial charge in [-0.05, 0) is 47.4 Å². The summed E-state index contributed by atoms with van der Waals surface area (Å²) < 4.78 is 13.0. The van der Waals surface area contributed by atoms with Gasteiger partial charge < -0.3 is 5.11 Å². The zero-order chi connectivity index (χ0) is 19.9. The van der Waals surface area contributed by atoms with Gasteiger partial charge in [0.2, 0.25) is 0 Å². The van der Waals surface area contributed by atoms with Gasteiger partial charge in [-0.2, -0.15) is 0 Å². The monoisotopic (exact) mass is 377 g/mol. The molecule has 4 nitrogen and oxygen atoms in total. The number of rotatable bonds is 7. The molecule has 0 bridgehead atoms. The molecule has 0 aliphatic heterocycles. The van der Waals surface area contributed by atoms with Crippen LogP contribution in [0, 0.1) is 15.9 Å². The number of non-ortho nitro benzene ring substituents is 1. The van der Waals surface area contributed by atoms with Crippen LogP contribution in [0.3, 0.4) is 0 Å². The summed E-state index contributed by atoms with van der Waals surface area (Å²) in [6.07, 6.45) is 3.62. The predicted octanol–water partition coefficient (Wildman–Crippen LogP) is 5.35. The number of nitro benzene ring substituents is 1. The van der Waals surface area contributed by atoms with Gasteiger partial charge in [0, 0.05) is 18.1 Å². The summed E-state index contributed by atoms with van der Waals surface area (Å²) in [7, 11) is 0. The maximum atomic E-state index is 13.0. The number of allylic oxidation sites excluding steroid dienone is 1. The molecule has 2 atom stereocenters. The highest BCUT2D eigenvalue weighted by molar-refractivity contribution is 5.37. The van der Waals surface area contributed by atoms with Crippen LogP contribution in [-0.4, -0.2) is 10.0 Å². The molecule has 0 radical (unpaired) electrons. The lowest BCUT2D eigenvalue weighted by Crippen LogP contribution is -2.09. The van der Waals surface area contributed by atoms with Gasteiger partial charge in [0.05, 0.1) is 11.0 Å². The van der Waals surface area contributed by atoms with Crippen LogP contribution in [0.5, 0.6) is 0 Å². The molecule has 1 N–H and O–H groups in total. The van der Waals surface area contributed by atoms with Crippen molar-refractivity contribution in [1.82, 2.24) is 0 Å². The number of benzene rings is 3. The zero-order valence-corrected chi connectivity index (χ0v) is 15.1. The molecule has 0 spiro atoms. The summed E-state index contributed by atoms with van der Waals surface area (Å²) in [4.78, 5) is 10.4. The molecule has 0 aliphatic rings. The maximum absolute atomic E-state index is 13.0. The smallest absolute Gasteiger partial charge is 0.269 e. The Kier molecular flexibility index (Phi) is 6.29. The van der Waals surface area contributed by atoms with Crippen molar-refractivity contribution in [2.24, 2.45) is 0 Å². The van der Waals surface area contributed by atoms with E-state index in [4.69, 9.17) is 0 Å². The Hall–Kier alpha value is -3.31. The van der Waals surface area contributed by atoms with E-state index in [2.05, 4.69) is 0 Å². The summed E-state index contributed by atoms with van der Waals surface area (Å²) in [5, 5.41) is 21.8. The molecule has 3 aromatic carbocycles. The third-order valence-electron chi connectivity index (χ3n) is 4.58. The zero-order valence-electron chi connectivity index (χ0n) is 15.1. The molecule has 0 saturated carbocycles. The second-order valence-corrected chi connectivity index (χ2v) is 6.49. The lowest BCUT2D eigenvalue weighted by molar-refractivity contribution is -0.384. The van der Waals surface area contributed by atoms with E-state index in [1.54, 1.807) is 24.3 Å². The van der Waals surface area contributed by atoms with Crippen molar-refractivity contribution in [1.29, 1.82) is 0 Å². The first-order chi connectivity index (χ1) is 13.5. The number of hydrogen-bond acceptors (Lipinski definition) is 3. The first kappa shape index (κ1) is 19.5. The molecule has 0 fully saturated rings. The molecule has 28 heavy (non-hydrogen) atoms. The van der Waals surface area contributed by atoms with Gasteiger partial charge >= 0.3 is 0 Å². The third kappa shape index (κ3) is 4.90. The van der Waals surface area contributed by atoms with Crippen LogP contribution in [0.2, 0.25) is 0 Å². The fourth-order valence-corrected chi connectivity index (χ4v) is 3.05. The fourth-order valence-electron chi connectivity index (χ4n) is 3.05. The lowest BCUT2D eigenvalue weighted by atomic mass is 9.88. The van der Waals surface area contributed by atoms with Gasteiger partial charge in [0.15, 0.2) is 0 Å². The number of aliphatic hydroxyl groups is 1. The molecule has 0 heterocycles. The van der Waals surface area contributed by atoms with Gasteiger partial charge in [-0.3, -0.25) is 10.1 Å². The molecular weight excluding hydrogens is 357 g/mol. The van der Waals surface area contributed by atoms with E-state index >= 15 is 0 Å². The quantitative estimate of drug-likeness (QED) is 0.343. The molecule has 0 saturated heterocycles. The molecular formula is C23H20FNO3. The Bertz CT molecular complexity index is 938. The summed E-state index contributed by atoms with van der Waals surface area (Å²) in [5.74, 6) is -0.591. The topological polar surface area (TPSA) is 63.4 Å². The molecule has 0 amide bonds. The highest BCUT2D eigenvalue weighted by Crippen LogP contribution is 2.33. The minimum absolute atomic E-state index is 0.0148. The number of halogens is 1. The first-order valence-electron chi connectivity index (χ1n) is 8.93. The number of aliphatic hydroxyl groups excluding tert-OH is 1. The Morgan fingerprint density at radius 2 is 1.57 bits per heavy atom. The minimum Gasteiger partial charge on any atom is -0.387 e. The van der Waals surface area contributed by atoms with Crippen molar-refractivity contribution in [3.8, 4) is 0 Å². The van der Waals surface area contributed by atoms with Crippen LogP contribution >= 0.6 is 0 Å². The summed E-state index contributed by atoms with van der Waals surface area (Å²) in [5.41, 5.74) is 2.49.